The number of carboxylic acid groups (broad SMARTS) is 1. The minimum Gasteiger partial charge on any atom is -0.479 e. The lowest BCUT2D eigenvalue weighted by atomic mass is 10.1. The molecule has 0 aromatic heterocycles. The van der Waals surface area contributed by atoms with E-state index in [-0.39, 0.29) is 4.90 Å². The predicted octanol–water partition coefficient (Wildman–Crippen LogP) is 0.726. The van der Waals surface area contributed by atoms with E-state index in [2.05, 4.69) is 4.72 Å². The maximum absolute atomic E-state index is 12.2. The minimum absolute atomic E-state index is 0.115. The highest BCUT2D eigenvalue weighted by atomic mass is 32.2. The first kappa shape index (κ1) is 16.6. The lowest BCUT2D eigenvalue weighted by molar-refractivity contribution is -0.155. The molecule has 1 rings (SSSR count). The van der Waals surface area contributed by atoms with Gasteiger partial charge in [-0.3, -0.25) is 0 Å². The number of carbonyl (C=O) groups is 1. The maximum Gasteiger partial charge on any atom is 0.336 e. The third-order valence-corrected chi connectivity index (χ3v) is 4.65. The zero-order valence-electron chi connectivity index (χ0n) is 11.9. The van der Waals surface area contributed by atoms with E-state index in [1.165, 1.54) is 0 Å². The van der Waals surface area contributed by atoms with Crippen molar-refractivity contribution >= 4 is 16.0 Å². The van der Waals surface area contributed by atoms with Crippen LogP contribution in [0.1, 0.15) is 23.6 Å². The van der Waals surface area contributed by atoms with E-state index < -0.39 is 28.1 Å². The SMILES string of the molecule is Cc1cc(C)c(S(=O)(=O)NCC(C)(O)C(=O)O)c(C)c1. The molecule has 1 atom stereocenters. The summed E-state index contributed by atoms with van der Waals surface area (Å²) >= 11 is 0. The number of rotatable bonds is 5. The zero-order valence-corrected chi connectivity index (χ0v) is 12.7. The lowest BCUT2D eigenvalue weighted by Gasteiger charge is -2.19. The van der Waals surface area contributed by atoms with Gasteiger partial charge in [0.15, 0.2) is 5.60 Å². The standard InChI is InChI=1S/C13H19NO5S/c1-8-5-9(2)11(10(3)6-8)20(18,19)14-7-13(4,17)12(15)16/h5-6,14,17H,7H2,1-4H3,(H,15,16). The van der Waals surface area contributed by atoms with Crippen LogP contribution in [0.4, 0.5) is 0 Å². The first-order valence-corrected chi connectivity index (χ1v) is 7.49. The van der Waals surface area contributed by atoms with Crippen LogP contribution in [0.25, 0.3) is 0 Å². The van der Waals surface area contributed by atoms with Gasteiger partial charge in [0.25, 0.3) is 0 Å². The van der Waals surface area contributed by atoms with Crippen LogP contribution < -0.4 is 4.72 Å². The van der Waals surface area contributed by atoms with Crippen molar-refractivity contribution in [2.24, 2.45) is 0 Å². The maximum atomic E-state index is 12.2. The second-order valence-corrected chi connectivity index (χ2v) is 6.84. The Morgan fingerprint density at radius 1 is 1.25 bits per heavy atom. The number of nitrogens with one attached hydrogen (secondary N) is 1. The molecule has 6 nitrogen and oxygen atoms in total. The third-order valence-electron chi connectivity index (χ3n) is 2.94. The van der Waals surface area contributed by atoms with Crippen LogP contribution in [0.3, 0.4) is 0 Å². The Labute approximate surface area is 118 Å². The van der Waals surface area contributed by atoms with E-state index in [9.17, 15) is 18.3 Å². The minimum atomic E-state index is -3.88. The van der Waals surface area contributed by atoms with Crippen LogP contribution in [-0.4, -0.2) is 36.7 Å². The number of benzene rings is 1. The fourth-order valence-electron chi connectivity index (χ4n) is 1.97. The number of hydrogen-bond acceptors (Lipinski definition) is 4. The first-order chi connectivity index (χ1) is 8.97. The van der Waals surface area contributed by atoms with E-state index in [0.29, 0.717) is 11.1 Å². The summed E-state index contributed by atoms with van der Waals surface area (Å²) in [7, 11) is -3.88. The predicted molar refractivity (Wildman–Crippen MR) is 74.1 cm³/mol. The van der Waals surface area contributed by atoms with Crippen LogP contribution in [0.15, 0.2) is 17.0 Å². The molecular weight excluding hydrogens is 282 g/mol. The van der Waals surface area contributed by atoms with Crippen LogP contribution in [-0.2, 0) is 14.8 Å². The van der Waals surface area contributed by atoms with E-state index >= 15 is 0 Å². The van der Waals surface area contributed by atoms with Crippen molar-refractivity contribution in [2.75, 3.05) is 6.54 Å². The molecular formula is C13H19NO5S. The Hall–Kier alpha value is -1.44. The topological polar surface area (TPSA) is 104 Å². The lowest BCUT2D eigenvalue weighted by Crippen LogP contribution is -2.46. The van der Waals surface area contributed by atoms with Crippen molar-refractivity contribution in [3.63, 3.8) is 0 Å². The molecule has 0 aliphatic carbocycles. The Kier molecular flexibility index (Phi) is 4.58. The van der Waals surface area contributed by atoms with Crippen LogP contribution >= 0.6 is 0 Å². The number of aliphatic hydroxyl groups is 1. The average molecular weight is 301 g/mol. The van der Waals surface area contributed by atoms with Gasteiger partial charge in [0.2, 0.25) is 10.0 Å². The summed E-state index contributed by atoms with van der Waals surface area (Å²) < 4.78 is 26.6. The van der Waals surface area contributed by atoms with E-state index in [0.717, 1.165) is 12.5 Å². The Bertz CT molecular complexity index is 611. The number of sulfonamides is 1. The second kappa shape index (κ2) is 5.51. The Morgan fingerprint density at radius 3 is 2.10 bits per heavy atom. The molecule has 0 heterocycles. The summed E-state index contributed by atoms with van der Waals surface area (Å²) in [5, 5.41) is 18.3. The molecule has 0 radical (unpaired) electrons. The molecule has 1 aromatic carbocycles. The Morgan fingerprint density at radius 2 is 1.70 bits per heavy atom. The van der Waals surface area contributed by atoms with Crippen molar-refractivity contribution in [1.29, 1.82) is 0 Å². The summed E-state index contributed by atoms with van der Waals surface area (Å²) in [5.41, 5.74) is -0.0639. The molecule has 0 saturated carbocycles. The van der Waals surface area contributed by atoms with Crippen molar-refractivity contribution in [3.8, 4) is 0 Å². The number of hydrogen-bond donors (Lipinski definition) is 3. The molecule has 0 spiro atoms. The normalized spacial score (nSPS) is 14.8. The van der Waals surface area contributed by atoms with Gasteiger partial charge in [-0.2, -0.15) is 0 Å². The first-order valence-electron chi connectivity index (χ1n) is 6.00. The van der Waals surface area contributed by atoms with Crippen LogP contribution in [0.2, 0.25) is 0 Å². The molecule has 0 bridgehead atoms. The molecule has 0 amide bonds. The van der Waals surface area contributed by atoms with Gasteiger partial charge in [0, 0.05) is 0 Å². The fraction of sp³-hybridized carbons (Fsp3) is 0.462. The fourth-order valence-corrected chi connectivity index (χ4v) is 3.56. The molecule has 1 unspecified atom stereocenters. The highest BCUT2D eigenvalue weighted by Gasteiger charge is 2.32. The zero-order chi connectivity index (χ0) is 15.7. The monoisotopic (exact) mass is 301 g/mol. The summed E-state index contributed by atoms with van der Waals surface area (Å²) in [6.45, 7) is 5.64. The van der Waals surface area contributed by atoms with Gasteiger partial charge in [-0.15, -0.1) is 0 Å². The molecule has 0 saturated heterocycles. The second-order valence-electron chi connectivity index (χ2n) is 5.13. The summed E-state index contributed by atoms with van der Waals surface area (Å²) in [4.78, 5) is 10.9. The van der Waals surface area contributed by atoms with Gasteiger partial charge in [-0.25, -0.2) is 17.9 Å². The molecule has 0 fully saturated rings. The Balaban J connectivity index is 3.11. The van der Waals surface area contributed by atoms with E-state index in [1.54, 1.807) is 26.0 Å². The van der Waals surface area contributed by atoms with Crippen LogP contribution in [0, 0.1) is 20.8 Å². The molecule has 0 aliphatic heterocycles. The molecule has 3 N–H and O–H groups in total. The average Bonchev–Trinajstić information content (AvgIpc) is 2.24. The quantitative estimate of drug-likeness (QED) is 0.743. The molecule has 7 heteroatoms. The largest absolute Gasteiger partial charge is 0.479 e. The molecule has 20 heavy (non-hydrogen) atoms. The molecule has 1 aromatic rings. The molecule has 0 aliphatic rings. The smallest absolute Gasteiger partial charge is 0.336 e. The van der Waals surface area contributed by atoms with Crippen molar-refractivity contribution < 1.29 is 23.4 Å². The van der Waals surface area contributed by atoms with Gasteiger partial charge < -0.3 is 10.2 Å². The molecule has 112 valence electrons. The third kappa shape index (κ3) is 3.56. The van der Waals surface area contributed by atoms with Crippen molar-refractivity contribution in [2.45, 2.75) is 38.2 Å². The van der Waals surface area contributed by atoms with Gasteiger partial charge in [-0.1, -0.05) is 17.7 Å². The summed E-state index contributed by atoms with van der Waals surface area (Å²) in [6, 6.07) is 3.47. The van der Waals surface area contributed by atoms with Gasteiger partial charge in [0.05, 0.1) is 11.4 Å². The highest BCUT2D eigenvalue weighted by Crippen LogP contribution is 2.21. The van der Waals surface area contributed by atoms with Gasteiger partial charge >= 0.3 is 5.97 Å². The number of carboxylic acids is 1. The van der Waals surface area contributed by atoms with Gasteiger partial charge in [0.1, 0.15) is 0 Å². The number of aryl methyl sites for hydroxylation is 3. The van der Waals surface area contributed by atoms with Crippen molar-refractivity contribution in [1.82, 2.24) is 4.72 Å². The highest BCUT2D eigenvalue weighted by molar-refractivity contribution is 7.89. The van der Waals surface area contributed by atoms with E-state index in [4.69, 9.17) is 5.11 Å². The van der Waals surface area contributed by atoms with Crippen LogP contribution in [0.5, 0.6) is 0 Å². The summed E-state index contributed by atoms with van der Waals surface area (Å²) in [6.07, 6.45) is 0. The van der Waals surface area contributed by atoms with Gasteiger partial charge in [-0.05, 0) is 38.8 Å². The summed E-state index contributed by atoms with van der Waals surface area (Å²) in [5.74, 6) is -1.49. The van der Waals surface area contributed by atoms with Crippen molar-refractivity contribution in [3.05, 3.63) is 28.8 Å². The van der Waals surface area contributed by atoms with E-state index in [1.807, 2.05) is 6.92 Å². The number of aliphatic carboxylic acids is 1.